The number of aromatic nitrogens is 3. The highest BCUT2D eigenvalue weighted by molar-refractivity contribution is 5.74. The summed E-state index contributed by atoms with van der Waals surface area (Å²) in [5, 5.41) is 0. The number of nitrogens with zero attached hydrogens (tertiary/aromatic N) is 3. The van der Waals surface area contributed by atoms with Crippen LogP contribution < -0.4 is 5.73 Å². The van der Waals surface area contributed by atoms with Crippen LogP contribution in [-0.2, 0) is 6.54 Å². The van der Waals surface area contributed by atoms with E-state index in [1.54, 1.807) is 0 Å². The zero-order valence-electron chi connectivity index (χ0n) is 10.7. The van der Waals surface area contributed by atoms with Crippen molar-refractivity contribution in [1.82, 2.24) is 14.5 Å². The number of nitrogens with two attached hydrogens (primary N) is 1. The molecule has 0 amide bonds. The fraction of sp³-hybridized carbons (Fsp3) is 0.538. The molecule has 17 heavy (non-hydrogen) atoms. The summed E-state index contributed by atoms with van der Waals surface area (Å²) in [5.41, 5.74) is 7.99. The molecule has 4 nitrogen and oxygen atoms in total. The average molecular weight is 232 g/mol. The third-order valence-electron chi connectivity index (χ3n) is 3.29. The number of imidazole rings is 1. The van der Waals surface area contributed by atoms with Crippen molar-refractivity contribution < 1.29 is 0 Å². The van der Waals surface area contributed by atoms with Gasteiger partial charge in [0.1, 0.15) is 11.3 Å². The zero-order valence-corrected chi connectivity index (χ0v) is 10.7. The first-order chi connectivity index (χ1) is 8.19. The summed E-state index contributed by atoms with van der Waals surface area (Å²) in [6.07, 6.45) is 3.63. The number of rotatable bonds is 4. The van der Waals surface area contributed by atoms with Crippen LogP contribution in [0.3, 0.4) is 0 Å². The van der Waals surface area contributed by atoms with Gasteiger partial charge in [-0.3, -0.25) is 4.98 Å². The Bertz CT molecular complexity index is 501. The Morgan fingerprint density at radius 3 is 2.76 bits per heavy atom. The topological polar surface area (TPSA) is 56.7 Å². The van der Waals surface area contributed by atoms with Gasteiger partial charge in [-0.15, -0.1) is 0 Å². The fourth-order valence-electron chi connectivity index (χ4n) is 2.29. The zero-order chi connectivity index (χ0) is 12.4. The van der Waals surface area contributed by atoms with Crippen molar-refractivity contribution in [2.45, 2.75) is 33.2 Å². The third-order valence-corrected chi connectivity index (χ3v) is 3.29. The maximum absolute atomic E-state index is 5.88. The molecule has 0 saturated carbocycles. The number of hydrogen-bond donors (Lipinski definition) is 1. The molecule has 2 N–H and O–H groups in total. The second-order valence-electron chi connectivity index (χ2n) is 4.66. The van der Waals surface area contributed by atoms with E-state index in [2.05, 4.69) is 30.3 Å². The van der Waals surface area contributed by atoms with Gasteiger partial charge < -0.3 is 10.3 Å². The minimum absolute atomic E-state index is 0.308. The van der Waals surface area contributed by atoms with Gasteiger partial charge in [-0.25, -0.2) is 4.98 Å². The molecule has 0 bridgehead atoms. The van der Waals surface area contributed by atoms with Crippen molar-refractivity contribution in [3.05, 3.63) is 24.3 Å². The maximum Gasteiger partial charge on any atom is 0.114 e. The Balaban J connectivity index is 2.60. The molecule has 2 aromatic rings. The van der Waals surface area contributed by atoms with Crippen LogP contribution in [0.4, 0.5) is 0 Å². The van der Waals surface area contributed by atoms with Crippen LogP contribution in [0.25, 0.3) is 11.0 Å². The van der Waals surface area contributed by atoms with Crippen molar-refractivity contribution in [3.63, 3.8) is 0 Å². The molecule has 0 aliphatic rings. The lowest BCUT2D eigenvalue weighted by Crippen LogP contribution is -2.21. The predicted molar refractivity (Wildman–Crippen MR) is 69.8 cm³/mol. The molecule has 4 heteroatoms. The normalized spacial score (nSPS) is 13.5. The highest BCUT2D eigenvalue weighted by Gasteiger charge is 2.21. The molecular weight excluding hydrogens is 212 g/mol. The fourth-order valence-corrected chi connectivity index (χ4v) is 2.29. The van der Waals surface area contributed by atoms with Gasteiger partial charge in [0, 0.05) is 25.2 Å². The molecule has 0 saturated heterocycles. The second kappa shape index (κ2) is 4.84. The molecule has 0 spiro atoms. The van der Waals surface area contributed by atoms with E-state index in [1.165, 1.54) is 0 Å². The lowest BCUT2D eigenvalue weighted by Gasteiger charge is -2.19. The first-order valence-corrected chi connectivity index (χ1v) is 6.19. The van der Waals surface area contributed by atoms with E-state index in [9.17, 15) is 0 Å². The van der Waals surface area contributed by atoms with Crippen LogP contribution in [-0.4, -0.2) is 21.1 Å². The Hall–Kier alpha value is -1.42. The van der Waals surface area contributed by atoms with Gasteiger partial charge in [-0.1, -0.05) is 13.8 Å². The number of hydrogen-bond acceptors (Lipinski definition) is 3. The lowest BCUT2D eigenvalue weighted by molar-refractivity contribution is 0.467. The van der Waals surface area contributed by atoms with Gasteiger partial charge in [0.05, 0.1) is 11.7 Å². The third kappa shape index (κ3) is 2.05. The van der Waals surface area contributed by atoms with Crippen molar-refractivity contribution >= 4 is 11.0 Å². The minimum Gasteiger partial charge on any atom is -0.330 e. The van der Waals surface area contributed by atoms with Gasteiger partial charge in [0.25, 0.3) is 0 Å². The van der Waals surface area contributed by atoms with E-state index < -0.39 is 0 Å². The van der Waals surface area contributed by atoms with Gasteiger partial charge in [-0.2, -0.15) is 0 Å². The predicted octanol–water partition coefficient (Wildman–Crippen LogP) is 2.15. The summed E-state index contributed by atoms with van der Waals surface area (Å²) in [4.78, 5) is 8.82. The highest BCUT2D eigenvalue weighted by Crippen LogP contribution is 2.26. The smallest absolute Gasteiger partial charge is 0.114 e. The quantitative estimate of drug-likeness (QED) is 0.878. The van der Waals surface area contributed by atoms with Gasteiger partial charge in [0.2, 0.25) is 0 Å². The van der Waals surface area contributed by atoms with E-state index in [1.807, 2.05) is 18.5 Å². The largest absolute Gasteiger partial charge is 0.330 e. The van der Waals surface area contributed by atoms with Crippen molar-refractivity contribution in [2.75, 3.05) is 6.54 Å². The molecule has 0 aromatic carbocycles. The molecular formula is C13H20N4. The molecule has 0 aliphatic heterocycles. The molecule has 0 radical (unpaired) electrons. The Labute approximate surface area is 102 Å². The molecule has 0 aliphatic carbocycles. The van der Waals surface area contributed by atoms with Crippen LogP contribution >= 0.6 is 0 Å². The maximum atomic E-state index is 5.88. The van der Waals surface area contributed by atoms with Crippen LogP contribution in [0.2, 0.25) is 0 Å². The number of fused-ring (bicyclic) bond motifs is 1. The second-order valence-corrected chi connectivity index (χ2v) is 4.66. The molecule has 1 unspecified atom stereocenters. The molecule has 92 valence electrons. The summed E-state index contributed by atoms with van der Waals surface area (Å²) in [6.45, 7) is 8.07. The lowest BCUT2D eigenvalue weighted by atomic mass is 9.95. The van der Waals surface area contributed by atoms with Crippen molar-refractivity contribution in [1.29, 1.82) is 0 Å². The summed E-state index contributed by atoms with van der Waals surface area (Å²) in [6, 6.07) is 2.02. The van der Waals surface area contributed by atoms with Gasteiger partial charge in [0.15, 0.2) is 0 Å². The first kappa shape index (κ1) is 12.0. The van der Waals surface area contributed by atoms with Crippen LogP contribution in [0.5, 0.6) is 0 Å². The SMILES string of the molecule is CCn1c(C(CN)C(C)C)nc2cnccc21. The number of pyridine rings is 1. The van der Waals surface area contributed by atoms with E-state index in [0.717, 1.165) is 23.4 Å². The van der Waals surface area contributed by atoms with E-state index in [-0.39, 0.29) is 0 Å². The van der Waals surface area contributed by atoms with Crippen molar-refractivity contribution in [3.8, 4) is 0 Å². The molecule has 2 heterocycles. The molecule has 2 rings (SSSR count). The Kier molecular flexibility index (Phi) is 3.43. The Morgan fingerprint density at radius 1 is 1.41 bits per heavy atom. The van der Waals surface area contributed by atoms with E-state index in [0.29, 0.717) is 18.4 Å². The monoisotopic (exact) mass is 232 g/mol. The standard InChI is InChI=1S/C13H20N4/c1-4-17-12-5-6-15-8-11(12)16-13(17)10(7-14)9(2)3/h5-6,8-10H,4,7,14H2,1-3H3. The average Bonchev–Trinajstić information content (AvgIpc) is 2.67. The van der Waals surface area contributed by atoms with Crippen molar-refractivity contribution in [2.24, 2.45) is 11.7 Å². The van der Waals surface area contributed by atoms with E-state index in [4.69, 9.17) is 10.7 Å². The summed E-state index contributed by atoms with van der Waals surface area (Å²) >= 11 is 0. The van der Waals surface area contributed by atoms with E-state index >= 15 is 0 Å². The first-order valence-electron chi connectivity index (χ1n) is 6.19. The van der Waals surface area contributed by atoms with Gasteiger partial charge >= 0.3 is 0 Å². The molecule has 1 atom stereocenters. The molecule has 0 fully saturated rings. The summed E-state index contributed by atoms with van der Waals surface area (Å²) < 4.78 is 2.24. The minimum atomic E-state index is 0.308. The summed E-state index contributed by atoms with van der Waals surface area (Å²) in [7, 11) is 0. The van der Waals surface area contributed by atoms with Gasteiger partial charge in [-0.05, 0) is 18.9 Å². The highest BCUT2D eigenvalue weighted by atomic mass is 15.1. The number of aryl methyl sites for hydroxylation is 1. The Morgan fingerprint density at radius 2 is 2.18 bits per heavy atom. The summed E-state index contributed by atoms with van der Waals surface area (Å²) in [5.74, 6) is 1.89. The van der Waals surface area contributed by atoms with Crippen LogP contribution in [0.15, 0.2) is 18.5 Å². The van der Waals surface area contributed by atoms with Crippen LogP contribution in [0.1, 0.15) is 32.5 Å². The van der Waals surface area contributed by atoms with Crippen LogP contribution in [0, 0.1) is 5.92 Å². The molecule has 2 aromatic heterocycles.